The van der Waals surface area contributed by atoms with E-state index in [0.717, 1.165) is 11.8 Å². The van der Waals surface area contributed by atoms with Crippen molar-refractivity contribution in [2.24, 2.45) is 0 Å². The summed E-state index contributed by atoms with van der Waals surface area (Å²) in [6, 6.07) is 9.44. The molecule has 3 heteroatoms. The Labute approximate surface area is 112 Å². The highest BCUT2D eigenvalue weighted by Gasteiger charge is 2.35. The van der Waals surface area contributed by atoms with Crippen molar-refractivity contribution in [2.45, 2.75) is 44.9 Å². The van der Waals surface area contributed by atoms with Gasteiger partial charge in [-0.2, -0.15) is 0 Å². The van der Waals surface area contributed by atoms with E-state index < -0.39 is 8.07 Å². The normalized spacial score (nSPS) is 12.6. The first-order valence-corrected chi connectivity index (χ1v) is 9.68. The molecule has 102 valence electrons. The highest BCUT2D eigenvalue weighted by Crippen LogP contribution is 2.39. The lowest BCUT2D eigenvalue weighted by molar-refractivity contribution is 0.0505. The van der Waals surface area contributed by atoms with E-state index in [1.54, 1.807) is 7.11 Å². The number of para-hydroxylation sites is 1. The first-order chi connectivity index (χ1) is 8.28. The molecule has 0 atom stereocenters. The zero-order valence-electron chi connectivity index (χ0n) is 12.5. The van der Waals surface area contributed by atoms with Crippen LogP contribution in [0.3, 0.4) is 0 Å². The monoisotopic (exact) mass is 266 g/mol. The van der Waals surface area contributed by atoms with Crippen LogP contribution < -0.4 is 4.74 Å². The van der Waals surface area contributed by atoms with Gasteiger partial charge in [-0.05, 0) is 22.7 Å². The van der Waals surface area contributed by atoms with Gasteiger partial charge < -0.3 is 9.47 Å². The molecular formula is C15H26O2Si. The zero-order chi connectivity index (χ0) is 13.8. The fourth-order valence-corrected chi connectivity index (χ4v) is 3.43. The minimum Gasteiger partial charge on any atom is -0.467 e. The van der Waals surface area contributed by atoms with Crippen molar-refractivity contribution in [1.29, 1.82) is 0 Å². The summed E-state index contributed by atoms with van der Waals surface area (Å²) >= 11 is 0. The predicted molar refractivity (Wildman–Crippen MR) is 79.8 cm³/mol. The minimum absolute atomic E-state index is 0.314. The average molecular weight is 266 g/mol. The fourth-order valence-electron chi connectivity index (χ4n) is 1.65. The molecule has 0 aliphatic rings. The quantitative estimate of drug-likeness (QED) is 0.585. The number of ether oxygens (including phenoxy) is 2. The lowest BCUT2D eigenvalue weighted by Crippen LogP contribution is -2.40. The van der Waals surface area contributed by atoms with Crippen molar-refractivity contribution >= 4 is 8.07 Å². The van der Waals surface area contributed by atoms with Gasteiger partial charge >= 0.3 is 0 Å². The molecule has 0 saturated heterocycles. The first-order valence-electron chi connectivity index (χ1n) is 6.47. The molecular weight excluding hydrogens is 240 g/mol. The fraction of sp³-hybridized carbons (Fsp3) is 0.600. The molecule has 0 spiro atoms. The Hall–Kier alpha value is -0.803. The molecule has 0 unspecified atom stereocenters. The molecule has 18 heavy (non-hydrogen) atoms. The molecule has 0 saturated carbocycles. The third-order valence-corrected chi connectivity index (χ3v) is 9.29. The Morgan fingerprint density at radius 1 is 1.11 bits per heavy atom. The van der Waals surface area contributed by atoms with Gasteiger partial charge in [0, 0.05) is 7.11 Å². The Balaban J connectivity index is 2.90. The van der Waals surface area contributed by atoms with Crippen LogP contribution in [0.1, 0.15) is 26.3 Å². The van der Waals surface area contributed by atoms with Gasteiger partial charge in [-0.25, -0.2) is 0 Å². The second-order valence-corrected chi connectivity index (χ2v) is 12.1. The molecule has 1 aromatic carbocycles. The topological polar surface area (TPSA) is 18.5 Å². The molecule has 0 N–H and O–H groups in total. The summed E-state index contributed by atoms with van der Waals surface area (Å²) in [5.41, 5.74) is 1.31. The van der Waals surface area contributed by atoms with Crippen LogP contribution in [0.2, 0.25) is 18.1 Å². The van der Waals surface area contributed by atoms with E-state index >= 15 is 0 Å². The van der Waals surface area contributed by atoms with Gasteiger partial charge in [-0.3, -0.25) is 0 Å². The highest BCUT2D eigenvalue weighted by atomic mass is 28.3. The third-order valence-electron chi connectivity index (χ3n) is 3.97. The van der Waals surface area contributed by atoms with Crippen LogP contribution in [0, 0.1) is 0 Å². The number of hydrogen-bond acceptors (Lipinski definition) is 2. The largest absolute Gasteiger partial charge is 0.467 e. The standard InChI is InChI=1S/C15H26O2Si/c1-15(2,3)18(5,6)11-13-9-7-8-10-14(13)17-12-16-4/h7-10H,11-12H2,1-6H3. The molecule has 0 fully saturated rings. The molecule has 0 aliphatic heterocycles. The molecule has 2 nitrogen and oxygen atoms in total. The van der Waals surface area contributed by atoms with E-state index in [-0.39, 0.29) is 0 Å². The van der Waals surface area contributed by atoms with Crippen LogP contribution in [-0.2, 0) is 10.8 Å². The van der Waals surface area contributed by atoms with Gasteiger partial charge in [0.15, 0.2) is 6.79 Å². The van der Waals surface area contributed by atoms with Crippen LogP contribution in [0.25, 0.3) is 0 Å². The smallest absolute Gasteiger partial charge is 0.188 e. The Kier molecular flexibility index (Phi) is 4.99. The van der Waals surface area contributed by atoms with Crippen LogP contribution >= 0.6 is 0 Å². The summed E-state index contributed by atoms with van der Waals surface area (Å²) in [7, 11) is 0.312. The van der Waals surface area contributed by atoms with E-state index in [0.29, 0.717) is 11.8 Å². The highest BCUT2D eigenvalue weighted by molar-refractivity contribution is 6.79. The van der Waals surface area contributed by atoms with Crippen LogP contribution in [0.5, 0.6) is 5.75 Å². The minimum atomic E-state index is -1.34. The van der Waals surface area contributed by atoms with Gasteiger partial charge in [-0.15, -0.1) is 0 Å². The van der Waals surface area contributed by atoms with Crippen molar-refractivity contribution in [3.05, 3.63) is 29.8 Å². The maximum Gasteiger partial charge on any atom is 0.188 e. The Morgan fingerprint density at radius 3 is 2.28 bits per heavy atom. The molecule has 0 bridgehead atoms. The summed E-state index contributed by atoms with van der Waals surface area (Å²) in [4.78, 5) is 0. The Morgan fingerprint density at radius 2 is 1.72 bits per heavy atom. The number of rotatable bonds is 5. The third kappa shape index (κ3) is 3.85. The summed E-state index contributed by atoms with van der Waals surface area (Å²) in [6.45, 7) is 12.2. The van der Waals surface area contributed by atoms with E-state index in [4.69, 9.17) is 9.47 Å². The predicted octanol–water partition coefficient (Wildman–Crippen LogP) is 4.26. The van der Waals surface area contributed by atoms with Gasteiger partial charge in [-0.1, -0.05) is 52.1 Å². The molecule has 1 aromatic rings. The second kappa shape index (κ2) is 5.89. The summed E-state index contributed by atoms with van der Waals surface area (Å²) in [5.74, 6) is 0.962. The number of hydrogen-bond donors (Lipinski definition) is 0. The molecule has 1 rings (SSSR count). The van der Waals surface area contributed by atoms with Crippen LogP contribution in [0.15, 0.2) is 24.3 Å². The number of methoxy groups -OCH3 is 1. The molecule has 0 heterocycles. The molecule has 0 aliphatic carbocycles. The lowest BCUT2D eigenvalue weighted by Gasteiger charge is -2.37. The van der Waals surface area contributed by atoms with Gasteiger partial charge in [0.05, 0.1) is 8.07 Å². The summed E-state index contributed by atoms with van der Waals surface area (Å²) in [5, 5.41) is 0.390. The van der Waals surface area contributed by atoms with Crippen molar-refractivity contribution in [3.8, 4) is 5.75 Å². The van der Waals surface area contributed by atoms with Crippen LogP contribution in [0.4, 0.5) is 0 Å². The van der Waals surface area contributed by atoms with Gasteiger partial charge in [0.1, 0.15) is 5.75 Å². The van der Waals surface area contributed by atoms with E-state index in [9.17, 15) is 0 Å². The van der Waals surface area contributed by atoms with Crippen molar-refractivity contribution < 1.29 is 9.47 Å². The van der Waals surface area contributed by atoms with Crippen molar-refractivity contribution in [3.63, 3.8) is 0 Å². The lowest BCUT2D eigenvalue weighted by atomic mass is 10.2. The number of benzene rings is 1. The molecule has 0 aromatic heterocycles. The van der Waals surface area contributed by atoms with E-state index in [1.165, 1.54) is 5.56 Å². The van der Waals surface area contributed by atoms with Gasteiger partial charge in [0.25, 0.3) is 0 Å². The maximum absolute atomic E-state index is 5.64. The zero-order valence-corrected chi connectivity index (χ0v) is 13.5. The van der Waals surface area contributed by atoms with Gasteiger partial charge in [0.2, 0.25) is 0 Å². The average Bonchev–Trinajstić information content (AvgIpc) is 2.26. The Bertz CT molecular complexity index is 380. The van der Waals surface area contributed by atoms with Crippen LogP contribution in [-0.4, -0.2) is 22.0 Å². The first kappa shape index (κ1) is 15.3. The second-order valence-electron chi connectivity index (χ2n) is 6.47. The summed E-state index contributed by atoms with van der Waals surface area (Å²) < 4.78 is 10.6. The maximum atomic E-state index is 5.64. The van der Waals surface area contributed by atoms with Crippen molar-refractivity contribution in [2.75, 3.05) is 13.9 Å². The van der Waals surface area contributed by atoms with E-state index in [2.05, 4.69) is 46.0 Å². The van der Waals surface area contributed by atoms with Crippen molar-refractivity contribution in [1.82, 2.24) is 0 Å². The molecule has 0 radical (unpaired) electrons. The van der Waals surface area contributed by atoms with E-state index in [1.807, 2.05) is 12.1 Å². The SMILES string of the molecule is COCOc1ccccc1C[Si](C)(C)C(C)(C)C. The molecule has 0 amide bonds. The summed E-state index contributed by atoms with van der Waals surface area (Å²) in [6.07, 6.45) is 0.